The molecule has 1 N–H and O–H groups in total. The van der Waals surface area contributed by atoms with E-state index in [4.69, 9.17) is 0 Å². The van der Waals surface area contributed by atoms with Gasteiger partial charge in [-0.1, -0.05) is 13.8 Å². The molecule has 0 aliphatic rings. The maximum absolute atomic E-state index is 4.42. The Bertz CT molecular complexity index is 323. The molecule has 3 nitrogen and oxygen atoms in total. The lowest BCUT2D eigenvalue weighted by atomic mass is 10.1. The number of aryl methyl sites for hydroxylation is 1. The van der Waals surface area contributed by atoms with E-state index in [1.54, 1.807) is 0 Å². The van der Waals surface area contributed by atoms with Crippen molar-refractivity contribution >= 4 is 21.7 Å². The molecule has 14 heavy (non-hydrogen) atoms. The summed E-state index contributed by atoms with van der Waals surface area (Å²) in [4.78, 5) is 8.85. The second-order valence-electron chi connectivity index (χ2n) is 3.74. The lowest BCUT2D eigenvalue weighted by Gasteiger charge is -2.09. The van der Waals surface area contributed by atoms with Gasteiger partial charge in [0, 0.05) is 13.5 Å². The monoisotopic (exact) mass is 257 g/mol. The summed E-state index contributed by atoms with van der Waals surface area (Å²) in [5.41, 5.74) is 0.986. The quantitative estimate of drug-likeness (QED) is 0.905. The van der Waals surface area contributed by atoms with Crippen LogP contribution >= 0.6 is 15.9 Å². The van der Waals surface area contributed by atoms with E-state index in [9.17, 15) is 0 Å². The van der Waals surface area contributed by atoms with Crippen molar-refractivity contribution in [2.24, 2.45) is 5.92 Å². The lowest BCUT2D eigenvalue weighted by molar-refractivity contribution is 0.619. The molecule has 0 radical (unpaired) electrons. The molecule has 0 aliphatic carbocycles. The van der Waals surface area contributed by atoms with Gasteiger partial charge in [-0.3, -0.25) is 0 Å². The Hall–Kier alpha value is -0.640. The van der Waals surface area contributed by atoms with Gasteiger partial charge >= 0.3 is 0 Å². The molecular weight excluding hydrogens is 242 g/mol. The summed E-state index contributed by atoms with van der Waals surface area (Å²) < 4.78 is 0.951. The maximum Gasteiger partial charge on any atom is 0.144 e. The molecule has 4 heteroatoms. The van der Waals surface area contributed by atoms with Crippen LogP contribution < -0.4 is 5.32 Å². The van der Waals surface area contributed by atoms with Crippen LogP contribution in [0.5, 0.6) is 0 Å². The van der Waals surface area contributed by atoms with Gasteiger partial charge < -0.3 is 5.32 Å². The fraction of sp³-hybridized carbons (Fsp3) is 0.600. The number of nitrogens with zero attached hydrogens (tertiary/aromatic N) is 2. The highest BCUT2D eigenvalue weighted by Crippen LogP contribution is 2.22. The summed E-state index contributed by atoms with van der Waals surface area (Å²) in [5.74, 6) is 2.36. The van der Waals surface area contributed by atoms with Crippen molar-refractivity contribution < 1.29 is 0 Å². The summed E-state index contributed by atoms with van der Waals surface area (Å²) in [6.07, 6.45) is 0.919. The summed E-state index contributed by atoms with van der Waals surface area (Å²) in [6.45, 7) is 6.32. The molecule has 0 saturated carbocycles. The molecule has 1 aromatic rings. The van der Waals surface area contributed by atoms with Gasteiger partial charge in [-0.05, 0) is 28.8 Å². The minimum Gasteiger partial charge on any atom is -0.372 e. The van der Waals surface area contributed by atoms with E-state index in [-0.39, 0.29) is 0 Å². The first-order valence-corrected chi connectivity index (χ1v) is 5.54. The lowest BCUT2D eigenvalue weighted by Crippen LogP contribution is -2.06. The van der Waals surface area contributed by atoms with E-state index in [0.717, 1.165) is 28.2 Å². The second kappa shape index (κ2) is 4.73. The zero-order valence-corrected chi connectivity index (χ0v) is 10.6. The molecule has 0 saturated heterocycles. The molecule has 0 atom stereocenters. The zero-order chi connectivity index (χ0) is 10.7. The van der Waals surface area contributed by atoms with Crippen LogP contribution in [0.3, 0.4) is 0 Å². The van der Waals surface area contributed by atoms with E-state index >= 15 is 0 Å². The van der Waals surface area contributed by atoms with Gasteiger partial charge in [0.25, 0.3) is 0 Å². The molecule has 0 unspecified atom stereocenters. The fourth-order valence-electron chi connectivity index (χ4n) is 1.24. The van der Waals surface area contributed by atoms with Crippen molar-refractivity contribution in [1.82, 2.24) is 9.97 Å². The average Bonchev–Trinajstić information content (AvgIpc) is 2.10. The van der Waals surface area contributed by atoms with Crippen LogP contribution in [0.2, 0.25) is 0 Å². The first-order chi connectivity index (χ1) is 6.54. The van der Waals surface area contributed by atoms with Gasteiger partial charge in [-0.25, -0.2) is 9.97 Å². The van der Waals surface area contributed by atoms with E-state index in [0.29, 0.717) is 5.92 Å². The van der Waals surface area contributed by atoms with Crippen LogP contribution in [0.25, 0.3) is 0 Å². The minimum atomic E-state index is 0.584. The number of aromatic nitrogens is 2. The second-order valence-corrected chi connectivity index (χ2v) is 4.53. The molecule has 0 bridgehead atoms. The Morgan fingerprint density at radius 2 is 2.00 bits per heavy atom. The number of hydrogen-bond donors (Lipinski definition) is 1. The molecule has 1 heterocycles. The summed E-state index contributed by atoms with van der Waals surface area (Å²) in [5, 5.41) is 3.05. The van der Waals surface area contributed by atoms with Crippen molar-refractivity contribution in [3.63, 3.8) is 0 Å². The van der Waals surface area contributed by atoms with Crippen LogP contribution in [0.4, 0.5) is 5.82 Å². The number of rotatable bonds is 3. The maximum atomic E-state index is 4.42. The van der Waals surface area contributed by atoms with Crippen LogP contribution in [-0.4, -0.2) is 17.0 Å². The summed E-state index contributed by atoms with van der Waals surface area (Å²) in [7, 11) is 1.87. The third-order valence-electron chi connectivity index (χ3n) is 1.89. The number of nitrogens with one attached hydrogen (secondary N) is 1. The van der Waals surface area contributed by atoms with E-state index in [2.05, 4.69) is 45.1 Å². The largest absolute Gasteiger partial charge is 0.372 e. The number of halogens is 1. The SMILES string of the molecule is CNc1nc(CC(C)C)nc(C)c1Br. The summed E-state index contributed by atoms with van der Waals surface area (Å²) in [6, 6.07) is 0. The van der Waals surface area contributed by atoms with Crippen molar-refractivity contribution in [2.45, 2.75) is 27.2 Å². The smallest absolute Gasteiger partial charge is 0.144 e. The highest BCUT2D eigenvalue weighted by atomic mass is 79.9. The Morgan fingerprint density at radius 3 is 2.50 bits per heavy atom. The first kappa shape index (κ1) is 11.4. The third-order valence-corrected chi connectivity index (χ3v) is 2.84. The topological polar surface area (TPSA) is 37.8 Å². The molecule has 0 aromatic carbocycles. The minimum absolute atomic E-state index is 0.584. The molecule has 1 aromatic heterocycles. The molecule has 0 spiro atoms. The van der Waals surface area contributed by atoms with Gasteiger partial charge in [0.1, 0.15) is 11.6 Å². The van der Waals surface area contributed by atoms with E-state index in [1.807, 2.05) is 14.0 Å². The third kappa shape index (κ3) is 2.67. The van der Waals surface area contributed by atoms with Crippen molar-refractivity contribution in [2.75, 3.05) is 12.4 Å². The average molecular weight is 258 g/mol. The molecule has 0 aliphatic heterocycles. The first-order valence-electron chi connectivity index (χ1n) is 4.75. The van der Waals surface area contributed by atoms with Crippen LogP contribution in [0.15, 0.2) is 4.47 Å². The Morgan fingerprint density at radius 1 is 1.36 bits per heavy atom. The fourth-order valence-corrected chi connectivity index (χ4v) is 1.61. The van der Waals surface area contributed by atoms with E-state index < -0.39 is 0 Å². The standard InChI is InChI=1S/C10H16BrN3/c1-6(2)5-8-13-7(3)9(11)10(12-4)14-8/h6H,5H2,1-4H3,(H,12,13,14). The normalized spacial score (nSPS) is 10.7. The van der Waals surface area contributed by atoms with Crippen LogP contribution in [0, 0.1) is 12.8 Å². The molecular formula is C10H16BrN3. The van der Waals surface area contributed by atoms with Crippen LogP contribution in [-0.2, 0) is 6.42 Å². The zero-order valence-electron chi connectivity index (χ0n) is 9.06. The number of hydrogen-bond acceptors (Lipinski definition) is 3. The summed E-state index contributed by atoms with van der Waals surface area (Å²) >= 11 is 3.45. The van der Waals surface area contributed by atoms with Gasteiger partial charge in [-0.2, -0.15) is 0 Å². The Labute approximate surface area is 93.5 Å². The van der Waals surface area contributed by atoms with Crippen molar-refractivity contribution in [3.8, 4) is 0 Å². The Balaban J connectivity index is 3.03. The Kier molecular flexibility index (Phi) is 3.86. The van der Waals surface area contributed by atoms with Gasteiger partial charge in [-0.15, -0.1) is 0 Å². The molecule has 78 valence electrons. The molecule has 1 rings (SSSR count). The van der Waals surface area contributed by atoms with Gasteiger partial charge in [0.05, 0.1) is 10.2 Å². The van der Waals surface area contributed by atoms with Crippen molar-refractivity contribution in [3.05, 3.63) is 16.0 Å². The predicted octanol–water partition coefficient (Wildman–Crippen LogP) is 2.79. The number of anilines is 1. The van der Waals surface area contributed by atoms with Crippen LogP contribution in [0.1, 0.15) is 25.4 Å². The van der Waals surface area contributed by atoms with Gasteiger partial charge in [0.2, 0.25) is 0 Å². The van der Waals surface area contributed by atoms with E-state index in [1.165, 1.54) is 0 Å². The predicted molar refractivity (Wildman–Crippen MR) is 62.6 cm³/mol. The molecule has 0 amide bonds. The van der Waals surface area contributed by atoms with Crippen molar-refractivity contribution in [1.29, 1.82) is 0 Å². The highest BCUT2D eigenvalue weighted by Gasteiger charge is 2.08. The van der Waals surface area contributed by atoms with Gasteiger partial charge in [0.15, 0.2) is 0 Å². The highest BCUT2D eigenvalue weighted by molar-refractivity contribution is 9.10. The molecule has 0 fully saturated rings.